The molecule has 11 heteroatoms. The predicted octanol–water partition coefficient (Wildman–Crippen LogP) is -0.943. The average molecular weight is 398 g/mol. The summed E-state index contributed by atoms with van der Waals surface area (Å²) < 4.78 is 1.23. The Morgan fingerprint density at radius 3 is 2.31 bits per heavy atom. The van der Waals surface area contributed by atoms with E-state index in [1.165, 1.54) is 10.9 Å². The smallest absolute Gasteiger partial charge is 0.276 e. The Morgan fingerprint density at radius 2 is 1.69 bits per heavy atom. The number of fused-ring (bicyclic) bond motifs is 3. The van der Waals surface area contributed by atoms with E-state index < -0.39 is 5.91 Å². The third-order valence-corrected chi connectivity index (χ3v) is 5.50. The maximum absolute atomic E-state index is 13.0. The minimum absolute atomic E-state index is 0.113. The third-order valence-electron chi connectivity index (χ3n) is 5.50. The van der Waals surface area contributed by atoms with E-state index in [2.05, 4.69) is 10.3 Å². The van der Waals surface area contributed by atoms with Gasteiger partial charge >= 0.3 is 0 Å². The van der Waals surface area contributed by atoms with E-state index in [1.54, 1.807) is 28.0 Å². The zero-order chi connectivity index (χ0) is 20.7. The minimum Gasteiger partial charge on any atom is -0.397 e. The van der Waals surface area contributed by atoms with Crippen LogP contribution in [0.2, 0.25) is 0 Å². The number of nitrogens with two attached hydrogens (primary N) is 3. The van der Waals surface area contributed by atoms with Crippen molar-refractivity contribution in [3.8, 4) is 0 Å². The SMILES string of the molecule is NC(=O)Cn1cc(C(=O)N2CC3CCC2CN3C(=O)c2cccc(N)c2N)nn1. The molecule has 5 rings (SSSR count). The van der Waals surface area contributed by atoms with Crippen molar-refractivity contribution in [1.82, 2.24) is 24.8 Å². The first-order valence-electron chi connectivity index (χ1n) is 9.29. The van der Waals surface area contributed by atoms with Crippen LogP contribution in [0.15, 0.2) is 24.4 Å². The molecule has 3 saturated heterocycles. The van der Waals surface area contributed by atoms with E-state index >= 15 is 0 Å². The summed E-state index contributed by atoms with van der Waals surface area (Å²) in [7, 11) is 0. The molecule has 3 fully saturated rings. The van der Waals surface area contributed by atoms with Gasteiger partial charge in [0.25, 0.3) is 11.8 Å². The number of aromatic nitrogens is 3. The Labute approximate surface area is 166 Å². The van der Waals surface area contributed by atoms with Crippen LogP contribution in [0.25, 0.3) is 0 Å². The lowest BCUT2D eigenvalue weighted by Gasteiger charge is -2.51. The van der Waals surface area contributed by atoms with E-state index in [9.17, 15) is 14.4 Å². The van der Waals surface area contributed by atoms with Crippen LogP contribution in [0, 0.1) is 0 Å². The van der Waals surface area contributed by atoms with E-state index in [4.69, 9.17) is 17.2 Å². The van der Waals surface area contributed by atoms with Crippen molar-refractivity contribution >= 4 is 29.1 Å². The molecule has 29 heavy (non-hydrogen) atoms. The Morgan fingerprint density at radius 1 is 1.03 bits per heavy atom. The number of carbonyl (C=O) groups is 3. The number of nitrogens with zero attached hydrogens (tertiary/aromatic N) is 5. The molecule has 2 bridgehead atoms. The molecule has 4 heterocycles. The predicted molar refractivity (Wildman–Crippen MR) is 103 cm³/mol. The van der Waals surface area contributed by atoms with Gasteiger partial charge < -0.3 is 27.0 Å². The monoisotopic (exact) mass is 398 g/mol. The van der Waals surface area contributed by atoms with Crippen molar-refractivity contribution in [2.75, 3.05) is 24.6 Å². The highest BCUT2D eigenvalue weighted by Crippen LogP contribution is 2.32. The van der Waals surface area contributed by atoms with Crippen molar-refractivity contribution in [3.63, 3.8) is 0 Å². The summed E-state index contributed by atoms with van der Waals surface area (Å²) >= 11 is 0. The summed E-state index contributed by atoms with van der Waals surface area (Å²) in [5, 5.41) is 7.62. The van der Waals surface area contributed by atoms with Crippen molar-refractivity contribution in [2.24, 2.45) is 5.73 Å². The molecule has 3 aliphatic rings. The van der Waals surface area contributed by atoms with Crippen molar-refractivity contribution < 1.29 is 14.4 Å². The zero-order valence-corrected chi connectivity index (χ0v) is 15.7. The fourth-order valence-corrected chi connectivity index (χ4v) is 4.03. The maximum atomic E-state index is 13.0. The molecule has 0 radical (unpaired) electrons. The van der Waals surface area contributed by atoms with Crippen LogP contribution in [-0.4, -0.2) is 67.7 Å². The quantitative estimate of drug-likeness (QED) is 0.559. The molecule has 1 aromatic carbocycles. The second-order valence-electron chi connectivity index (χ2n) is 7.38. The van der Waals surface area contributed by atoms with Gasteiger partial charge in [0.1, 0.15) is 6.54 Å². The number of piperazine rings is 1. The van der Waals surface area contributed by atoms with Gasteiger partial charge in [-0.2, -0.15) is 0 Å². The molecule has 2 unspecified atom stereocenters. The van der Waals surface area contributed by atoms with Crippen LogP contribution in [0.5, 0.6) is 0 Å². The fraction of sp³-hybridized carbons (Fsp3) is 0.389. The number of nitrogen functional groups attached to an aromatic ring is 2. The summed E-state index contributed by atoms with van der Waals surface area (Å²) in [5.41, 5.74) is 18.1. The first-order valence-corrected chi connectivity index (χ1v) is 9.29. The molecule has 0 saturated carbocycles. The molecule has 152 valence electrons. The van der Waals surface area contributed by atoms with Crippen molar-refractivity contribution in [2.45, 2.75) is 31.5 Å². The highest BCUT2D eigenvalue weighted by Gasteiger charge is 2.44. The molecule has 2 atom stereocenters. The zero-order valence-electron chi connectivity index (χ0n) is 15.7. The summed E-state index contributed by atoms with van der Waals surface area (Å²) in [6, 6.07) is 4.78. The molecule has 3 amide bonds. The Balaban J connectivity index is 1.50. The second kappa shape index (κ2) is 7.08. The second-order valence-corrected chi connectivity index (χ2v) is 7.38. The average Bonchev–Trinajstić information content (AvgIpc) is 3.17. The number of hydrogen-bond acceptors (Lipinski definition) is 7. The Kier molecular flexibility index (Phi) is 4.57. The largest absolute Gasteiger partial charge is 0.397 e. The number of rotatable bonds is 4. The molecular weight excluding hydrogens is 376 g/mol. The number of piperidine rings is 2. The molecular formula is C18H22N8O3. The van der Waals surface area contributed by atoms with E-state index in [-0.39, 0.29) is 41.8 Å². The molecule has 0 spiro atoms. The van der Waals surface area contributed by atoms with Gasteiger partial charge in [0.2, 0.25) is 5.91 Å². The lowest BCUT2D eigenvalue weighted by molar-refractivity contribution is -0.118. The molecule has 3 aliphatic heterocycles. The van der Waals surface area contributed by atoms with Gasteiger partial charge in [-0.25, -0.2) is 4.68 Å². The summed E-state index contributed by atoms with van der Waals surface area (Å²) in [6.07, 6.45) is 3.00. The lowest BCUT2D eigenvalue weighted by Crippen LogP contribution is -2.65. The first-order chi connectivity index (χ1) is 13.8. The first kappa shape index (κ1) is 18.7. The number of hydrogen-bond donors (Lipinski definition) is 3. The number of benzene rings is 1. The van der Waals surface area contributed by atoms with Gasteiger partial charge in [-0.1, -0.05) is 11.3 Å². The van der Waals surface area contributed by atoms with Crippen LogP contribution in [0.3, 0.4) is 0 Å². The molecule has 2 aromatic rings. The van der Waals surface area contributed by atoms with E-state index in [1.807, 2.05) is 0 Å². The highest BCUT2D eigenvalue weighted by molar-refractivity contribution is 6.02. The highest BCUT2D eigenvalue weighted by atomic mass is 16.2. The summed E-state index contributed by atoms with van der Waals surface area (Å²) in [6.45, 7) is 0.676. The Hall–Kier alpha value is -3.63. The number of amides is 3. The summed E-state index contributed by atoms with van der Waals surface area (Å²) in [5.74, 6) is -1.02. The van der Waals surface area contributed by atoms with Gasteiger partial charge in [0, 0.05) is 25.2 Å². The standard InChI is InChI=1S/C18H22N8O3/c19-13-3-1-2-12(16(13)21)17(28)25-6-11-5-4-10(25)7-26(11)18(29)14-8-24(23-22-14)9-15(20)27/h1-3,8,10-11H,4-7,9,19,21H2,(H2,20,27). The van der Waals surface area contributed by atoms with E-state index in [0.29, 0.717) is 24.3 Å². The van der Waals surface area contributed by atoms with Crippen LogP contribution in [0.4, 0.5) is 11.4 Å². The van der Waals surface area contributed by atoms with Gasteiger partial charge in [0.05, 0.1) is 23.1 Å². The summed E-state index contributed by atoms with van der Waals surface area (Å²) in [4.78, 5) is 40.4. The normalized spacial score (nSPS) is 20.7. The number of anilines is 2. The third kappa shape index (κ3) is 3.35. The number of para-hydroxylation sites is 1. The van der Waals surface area contributed by atoms with Crippen LogP contribution in [-0.2, 0) is 11.3 Å². The molecule has 1 aromatic heterocycles. The number of carbonyl (C=O) groups excluding carboxylic acids is 3. The molecule has 6 N–H and O–H groups in total. The Bertz CT molecular complexity index is 987. The lowest BCUT2D eigenvalue weighted by atomic mass is 9.89. The maximum Gasteiger partial charge on any atom is 0.276 e. The van der Waals surface area contributed by atoms with Crippen molar-refractivity contribution in [3.05, 3.63) is 35.7 Å². The van der Waals surface area contributed by atoms with E-state index in [0.717, 1.165) is 12.8 Å². The fourth-order valence-electron chi connectivity index (χ4n) is 4.03. The molecule has 0 aliphatic carbocycles. The van der Waals surface area contributed by atoms with Gasteiger partial charge in [-0.05, 0) is 25.0 Å². The van der Waals surface area contributed by atoms with Gasteiger partial charge in [-0.15, -0.1) is 5.10 Å². The topological polar surface area (TPSA) is 166 Å². The number of primary amides is 1. The van der Waals surface area contributed by atoms with Gasteiger partial charge in [0.15, 0.2) is 5.69 Å². The van der Waals surface area contributed by atoms with Crippen LogP contribution >= 0.6 is 0 Å². The van der Waals surface area contributed by atoms with Gasteiger partial charge in [-0.3, -0.25) is 14.4 Å². The van der Waals surface area contributed by atoms with Crippen LogP contribution in [0.1, 0.15) is 33.7 Å². The minimum atomic E-state index is -0.569. The molecule has 11 nitrogen and oxygen atoms in total. The van der Waals surface area contributed by atoms with Crippen molar-refractivity contribution in [1.29, 1.82) is 0 Å². The van der Waals surface area contributed by atoms with Crippen LogP contribution < -0.4 is 17.2 Å².